The minimum absolute atomic E-state index is 0.0288. The minimum atomic E-state index is -2.07. The third-order valence-electron chi connectivity index (χ3n) is 3.98. The van der Waals surface area contributed by atoms with Gasteiger partial charge in [-0.25, -0.2) is 0 Å². The van der Waals surface area contributed by atoms with Crippen molar-refractivity contribution in [3.8, 4) is 0 Å². The van der Waals surface area contributed by atoms with Crippen LogP contribution in [0.15, 0.2) is 11.8 Å². The highest BCUT2D eigenvalue weighted by Gasteiger charge is 2.44. The Morgan fingerprint density at radius 3 is 1.82 bits per heavy atom. The molecule has 0 aromatic heterocycles. The van der Waals surface area contributed by atoms with Crippen LogP contribution in [-0.2, 0) is 14.0 Å². The van der Waals surface area contributed by atoms with E-state index in [4.69, 9.17) is 4.43 Å². The lowest BCUT2D eigenvalue weighted by molar-refractivity contribution is -0.132. The quantitative estimate of drug-likeness (QED) is 0.612. The van der Waals surface area contributed by atoms with E-state index in [9.17, 15) is 9.59 Å². The molecule has 0 saturated carbocycles. The monoisotopic (exact) mass is 327 g/mol. The fraction of sp³-hybridized carbons (Fsp3) is 0.765. The molecule has 0 fully saturated rings. The number of nitrogens with one attached hydrogen (secondary N) is 1. The van der Waals surface area contributed by atoms with E-state index >= 15 is 0 Å². The maximum atomic E-state index is 12.6. The summed E-state index contributed by atoms with van der Waals surface area (Å²) in [6.45, 7) is 19.9. The largest absolute Gasteiger partial charge is 0.404 e. The van der Waals surface area contributed by atoms with Crippen molar-refractivity contribution in [2.45, 2.75) is 79.6 Å². The van der Waals surface area contributed by atoms with Gasteiger partial charge in [0.2, 0.25) is 0 Å². The van der Waals surface area contributed by atoms with Crippen LogP contribution >= 0.6 is 0 Å². The summed E-state index contributed by atoms with van der Waals surface area (Å²) < 4.78 is 6.35. The van der Waals surface area contributed by atoms with Gasteiger partial charge in [0.25, 0.3) is 5.91 Å². The van der Waals surface area contributed by atoms with E-state index in [0.29, 0.717) is 5.70 Å². The lowest BCUT2D eigenvalue weighted by atomic mass is 9.88. The third-order valence-corrected chi connectivity index (χ3v) is 8.42. The first kappa shape index (κ1) is 21.1. The van der Waals surface area contributed by atoms with Crippen molar-refractivity contribution in [1.29, 1.82) is 0 Å². The number of hydrogen-bond donors (Lipinski definition) is 1. The normalized spacial score (nSPS) is 15.5. The lowest BCUT2D eigenvalue weighted by Crippen LogP contribution is -2.52. The van der Waals surface area contributed by atoms with E-state index in [0.717, 1.165) is 0 Å². The molecule has 0 aliphatic heterocycles. The third kappa shape index (κ3) is 6.44. The Kier molecular flexibility index (Phi) is 6.78. The molecule has 1 N–H and O–H groups in total. The molecule has 5 heteroatoms. The maximum absolute atomic E-state index is 12.6. The minimum Gasteiger partial charge on any atom is -0.404 e. The van der Waals surface area contributed by atoms with Crippen LogP contribution in [0.5, 0.6) is 0 Å². The Morgan fingerprint density at radius 2 is 1.50 bits per heavy atom. The Balaban J connectivity index is 5.34. The number of carbonyl (C=O) groups is 2. The van der Waals surface area contributed by atoms with E-state index in [2.05, 4.69) is 39.2 Å². The van der Waals surface area contributed by atoms with Gasteiger partial charge in [-0.2, -0.15) is 0 Å². The van der Waals surface area contributed by atoms with Gasteiger partial charge in [0, 0.05) is 5.70 Å². The van der Waals surface area contributed by atoms with Gasteiger partial charge in [0.1, 0.15) is 6.10 Å². The van der Waals surface area contributed by atoms with E-state index in [1.165, 1.54) is 13.0 Å². The van der Waals surface area contributed by atoms with Crippen LogP contribution in [0.4, 0.5) is 0 Å². The zero-order valence-electron chi connectivity index (χ0n) is 15.9. The number of amides is 1. The van der Waals surface area contributed by atoms with Crippen molar-refractivity contribution in [2.24, 2.45) is 5.41 Å². The van der Waals surface area contributed by atoms with Gasteiger partial charge in [-0.1, -0.05) is 41.5 Å². The fourth-order valence-electron chi connectivity index (χ4n) is 1.70. The molecule has 0 aromatic rings. The molecule has 0 bridgehead atoms. The highest BCUT2D eigenvalue weighted by atomic mass is 28.4. The molecular formula is C17H33NO3Si. The first-order valence-corrected chi connectivity index (χ1v) is 10.7. The first-order chi connectivity index (χ1) is 9.58. The van der Waals surface area contributed by atoms with Crippen molar-refractivity contribution >= 4 is 20.0 Å². The molecule has 1 amide bonds. The summed E-state index contributed by atoms with van der Waals surface area (Å²) in [5.41, 5.74) is 0.224. The highest BCUT2D eigenvalue weighted by molar-refractivity contribution is 6.74. The van der Waals surface area contributed by atoms with Crippen molar-refractivity contribution in [3.05, 3.63) is 11.8 Å². The number of carbonyl (C=O) groups excluding carboxylic acids is 2. The van der Waals surface area contributed by atoms with Crippen molar-refractivity contribution in [1.82, 2.24) is 5.32 Å². The summed E-state index contributed by atoms with van der Waals surface area (Å²) in [4.78, 5) is 23.7. The van der Waals surface area contributed by atoms with Gasteiger partial charge in [-0.3, -0.25) is 9.59 Å². The van der Waals surface area contributed by atoms with Gasteiger partial charge in [-0.15, -0.1) is 0 Å². The number of ketones is 1. The molecule has 0 aliphatic rings. The zero-order chi connectivity index (χ0) is 17.9. The average Bonchev–Trinajstić information content (AvgIpc) is 2.20. The van der Waals surface area contributed by atoms with E-state index in [1.54, 1.807) is 6.92 Å². The molecule has 1 atom stereocenters. The average molecular weight is 328 g/mol. The standard InChI is InChI=1S/C17H33NO3Si/c1-12(11-13(2)19)18-15(20)14(16(3,4)5)21-22(9,10)17(6,7)8/h11,14H,1-10H3,(H,18,20)/b12-11-/t14-/m1/s1. The van der Waals surface area contributed by atoms with Gasteiger partial charge in [-0.05, 0) is 43.5 Å². The first-order valence-electron chi connectivity index (χ1n) is 7.75. The van der Waals surface area contributed by atoms with Gasteiger partial charge in [0.15, 0.2) is 14.1 Å². The molecule has 0 heterocycles. The highest BCUT2D eigenvalue weighted by Crippen LogP contribution is 2.39. The summed E-state index contributed by atoms with van der Waals surface area (Å²) in [7, 11) is -2.07. The van der Waals surface area contributed by atoms with Gasteiger partial charge < -0.3 is 9.74 Å². The summed E-state index contributed by atoms with van der Waals surface area (Å²) in [6, 6.07) is 0. The van der Waals surface area contributed by atoms with Crippen molar-refractivity contribution < 1.29 is 14.0 Å². The van der Waals surface area contributed by atoms with Crippen LogP contribution in [0.3, 0.4) is 0 Å². The molecule has 22 heavy (non-hydrogen) atoms. The molecule has 0 unspecified atom stereocenters. The van der Waals surface area contributed by atoms with Crippen LogP contribution in [0, 0.1) is 5.41 Å². The number of allylic oxidation sites excluding steroid dienone is 2. The number of rotatable bonds is 5. The Labute approximate surface area is 136 Å². The Morgan fingerprint density at radius 1 is 1.05 bits per heavy atom. The molecule has 4 nitrogen and oxygen atoms in total. The SMILES string of the molecule is CC(=O)/C=C(/C)NC(=O)[C@@H](O[Si](C)(C)C(C)(C)C)C(C)(C)C. The second-order valence-corrected chi connectivity index (χ2v) is 13.3. The Hall–Kier alpha value is -0.943. The van der Waals surface area contributed by atoms with Crippen LogP contribution in [-0.4, -0.2) is 26.1 Å². The fourth-order valence-corrected chi connectivity index (χ4v) is 3.10. The smallest absolute Gasteiger partial charge is 0.252 e. The van der Waals surface area contributed by atoms with Gasteiger partial charge in [0.05, 0.1) is 0 Å². The van der Waals surface area contributed by atoms with Crippen LogP contribution in [0.1, 0.15) is 55.4 Å². The molecule has 0 spiro atoms. The number of hydrogen-bond acceptors (Lipinski definition) is 3. The second-order valence-electron chi connectivity index (χ2n) is 8.55. The van der Waals surface area contributed by atoms with Crippen LogP contribution in [0.2, 0.25) is 18.1 Å². The molecule has 0 radical (unpaired) electrons. The zero-order valence-corrected chi connectivity index (χ0v) is 16.9. The molecule has 0 aliphatic carbocycles. The van der Waals surface area contributed by atoms with Gasteiger partial charge >= 0.3 is 0 Å². The summed E-state index contributed by atoms with van der Waals surface area (Å²) in [6.07, 6.45) is 0.868. The van der Waals surface area contributed by atoms with E-state index < -0.39 is 14.4 Å². The predicted molar refractivity (Wildman–Crippen MR) is 94.1 cm³/mol. The van der Waals surface area contributed by atoms with E-state index in [-0.39, 0.29) is 22.1 Å². The molecule has 0 saturated heterocycles. The topological polar surface area (TPSA) is 55.4 Å². The van der Waals surface area contributed by atoms with Crippen molar-refractivity contribution in [2.75, 3.05) is 0 Å². The van der Waals surface area contributed by atoms with Crippen LogP contribution < -0.4 is 5.32 Å². The summed E-state index contributed by atoms with van der Waals surface area (Å²) in [5.74, 6) is -0.275. The maximum Gasteiger partial charge on any atom is 0.252 e. The lowest BCUT2D eigenvalue weighted by Gasteiger charge is -2.42. The molecule has 128 valence electrons. The molecular weight excluding hydrogens is 294 g/mol. The van der Waals surface area contributed by atoms with E-state index in [1.807, 2.05) is 20.8 Å². The summed E-state index contributed by atoms with van der Waals surface area (Å²) in [5, 5.41) is 2.82. The molecule has 0 rings (SSSR count). The Bertz CT molecular complexity index is 454. The summed E-state index contributed by atoms with van der Waals surface area (Å²) >= 11 is 0. The van der Waals surface area contributed by atoms with Crippen LogP contribution in [0.25, 0.3) is 0 Å². The molecule has 0 aromatic carbocycles. The second kappa shape index (κ2) is 7.09. The predicted octanol–water partition coefficient (Wildman–Crippen LogP) is 4.03. The van der Waals surface area contributed by atoms with Crippen molar-refractivity contribution in [3.63, 3.8) is 0 Å².